The van der Waals surface area contributed by atoms with Crippen LogP contribution in [0.15, 0.2) is 0 Å². The summed E-state index contributed by atoms with van der Waals surface area (Å²) in [5.74, 6) is 4.90. The largest absolute Gasteiger partial charge is 0.310 e. The summed E-state index contributed by atoms with van der Waals surface area (Å²) in [7, 11) is 1.74. The van der Waals surface area contributed by atoms with E-state index < -0.39 is 0 Å². The first kappa shape index (κ1) is 9.55. The quantitative estimate of drug-likeness (QED) is 0.510. The number of hydrogen-bond acceptors (Lipinski definition) is 4. The van der Waals surface area contributed by atoms with Crippen molar-refractivity contribution in [2.45, 2.75) is 19.4 Å². The van der Waals surface area contributed by atoms with E-state index in [1.165, 1.54) is 6.92 Å². The van der Waals surface area contributed by atoms with Crippen molar-refractivity contribution in [3.63, 3.8) is 0 Å². The van der Waals surface area contributed by atoms with Crippen LogP contribution >= 0.6 is 0 Å². The summed E-state index contributed by atoms with van der Waals surface area (Å²) in [5.41, 5.74) is 0. The fourth-order valence-electron chi connectivity index (χ4n) is 0.737. The van der Waals surface area contributed by atoms with Gasteiger partial charge in [0.25, 0.3) is 0 Å². The second kappa shape index (κ2) is 5.34. The SMILES string of the molecule is CNC(CCON)C(C)=O. The van der Waals surface area contributed by atoms with E-state index >= 15 is 0 Å². The Bertz CT molecular complexity index is 106. The van der Waals surface area contributed by atoms with E-state index in [9.17, 15) is 4.79 Å². The molecule has 1 unspecified atom stereocenters. The molecular formula is C6H14N2O2. The van der Waals surface area contributed by atoms with Gasteiger partial charge in [-0.1, -0.05) is 0 Å². The van der Waals surface area contributed by atoms with E-state index in [1.54, 1.807) is 7.05 Å². The Kier molecular flexibility index (Phi) is 5.10. The van der Waals surface area contributed by atoms with Gasteiger partial charge in [-0.2, -0.15) is 0 Å². The van der Waals surface area contributed by atoms with Crippen LogP contribution in [0.3, 0.4) is 0 Å². The highest BCUT2D eigenvalue weighted by Gasteiger charge is 2.09. The molecule has 0 saturated carbocycles. The number of hydrogen-bond donors (Lipinski definition) is 2. The van der Waals surface area contributed by atoms with Crippen molar-refractivity contribution in [1.82, 2.24) is 5.32 Å². The maximum absolute atomic E-state index is 10.7. The third-order valence-electron chi connectivity index (χ3n) is 1.36. The van der Waals surface area contributed by atoms with Gasteiger partial charge in [-0.25, -0.2) is 5.90 Å². The van der Waals surface area contributed by atoms with Gasteiger partial charge in [-0.15, -0.1) is 0 Å². The molecule has 0 rings (SSSR count). The van der Waals surface area contributed by atoms with Crippen LogP contribution in [0.25, 0.3) is 0 Å². The van der Waals surface area contributed by atoms with E-state index in [1.807, 2.05) is 0 Å². The van der Waals surface area contributed by atoms with Gasteiger partial charge in [-0.3, -0.25) is 4.79 Å². The molecule has 3 N–H and O–H groups in total. The van der Waals surface area contributed by atoms with Gasteiger partial charge >= 0.3 is 0 Å². The highest BCUT2D eigenvalue weighted by molar-refractivity contribution is 5.81. The fourth-order valence-corrected chi connectivity index (χ4v) is 0.737. The molecule has 0 spiro atoms. The molecule has 0 aliphatic carbocycles. The Hall–Kier alpha value is -0.450. The molecule has 0 aliphatic heterocycles. The minimum atomic E-state index is -0.122. The normalized spacial score (nSPS) is 13.1. The standard InChI is InChI=1S/C6H14N2O2/c1-5(9)6(8-2)3-4-10-7/h6,8H,3-4,7H2,1-2H3. The van der Waals surface area contributed by atoms with Crippen LogP contribution in [-0.4, -0.2) is 25.5 Å². The Morgan fingerprint density at radius 3 is 2.70 bits per heavy atom. The van der Waals surface area contributed by atoms with Crippen LogP contribution in [0.2, 0.25) is 0 Å². The van der Waals surface area contributed by atoms with Gasteiger partial charge in [0.1, 0.15) is 5.78 Å². The maximum Gasteiger partial charge on any atom is 0.146 e. The van der Waals surface area contributed by atoms with Gasteiger partial charge in [-0.05, 0) is 20.4 Å². The van der Waals surface area contributed by atoms with Gasteiger partial charge in [0.15, 0.2) is 0 Å². The lowest BCUT2D eigenvalue weighted by Crippen LogP contribution is -2.33. The summed E-state index contributed by atoms with van der Waals surface area (Å²) >= 11 is 0. The van der Waals surface area contributed by atoms with Gasteiger partial charge in [0.05, 0.1) is 12.6 Å². The number of Topliss-reactive ketones (excluding diaryl/α,β-unsaturated/α-hetero) is 1. The Balaban J connectivity index is 3.50. The molecule has 0 aliphatic rings. The van der Waals surface area contributed by atoms with Gasteiger partial charge in [0.2, 0.25) is 0 Å². The van der Waals surface area contributed by atoms with Crippen LogP contribution in [0, 0.1) is 0 Å². The van der Waals surface area contributed by atoms with Gasteiger partial charge < -0.3 is 10.2 Å². The zero-order chi connectivity index (χ0) is 7.98. The molecule has 4 heteroatoms. The summed E-state index contributed by atoms with van der Waals surface area (Å²) in [6.45, 7) is 1.95. The Labute approximate surface area is 60.7 Å². The van der Waals surface area contributed by atoms with Crippen molar-refractivity contribution in [3.05, 3.63) is 0 Å². The number of rotatable bonds is 5. The molecule has 0 amide bonds. The minimum absolute atomic E-state index is 0.111. The summed E-state index contributed by atoms with van der Waals surface area (Å²) < 4.78 is 0. The van der Waals surface area contributed by atoms with Crippen molar-refractivity contribution < 1.29 is 9.63 Å². The third kappa shape index (κ3) is 3.55. The third-order valence-corrected chi connectivity index (χ3v) is 1.36. The maximum atomic E-state index is 10.7. The van der Waals surface area contributed by atoms with E-state index in [-0.39, 0.29) is 11.8 Å². The average molecular weight is 146 g/mol. The zero-order valence-corrected chi connectivity index (χ0v) is 6.39. The van der Waals surface area contributed by atoms with Crippen molar-refractivity contribution in [2.75, 3.05) is 13.7 Å². The van der Waals surface area contributed by atoms with E-state index in [0.717, 1.165) is 0 Å². The monoisotopic (exact) mass is 146 g/mol. The molecule has 0 aromatic carbocycles. The van der Waals surface area contributed by atoms with Crippen molar-refractivity contribution in [1.29, 1.82) is 0 Å². The van der Waals surface area contributed by atoms with Crippen LogP contribution in [0.4, 0.5) is 0 Å². The number of likely N-dealkylation sites (N-methyl/N-ethyl adjacent to an activating group) is 1. The van der Waals surface area contributed by atoms with Crippen LogP contribution in [0.5, 0.6) is 0 Å². The van der Waals surface area contributed by atoms with Crippen LogP contribution < -0.4 is 11.2 Å². The first-order valence-corrected chi connectivity index (χ1v) is 3.21. The lowest BCUT2D eigenvalue weighted by Gasteiger charge is -2.10. The van der Waals surface area contributed by atoms with E-state index in [4.69, 9.17) is 5.90 Å². The summed E-state index contributed by atoms with van der Waals surface area (Å²) in [6.07, 6.45) is 0.627. The molecule has 0 saturated heterocycles. The lowest BCUT2D eigenvalue weighted by atomic mass is 10.1. The number of carbonyl (C=O) groups excluding carboxylic acids is 1. The highest BCUT2D eigenvalue weighted by atomic mass is 16.6. The van der Waals surface area contributed by atoms with Crippen molar-refractivity contribution >= 4 is 5.78 Å². The van der Waals surface area contributed by atoms with Crippen molar-refractivity contribution in [2.24, 2.45) is 5.90 Å². The van der Waals surface area contributed by atoms with E-state index in [2.05, 4.69) is 10.2 Å². The molecular weight excluding hydrogens is 132 g/mol. The molecule has 0 bridgehead atoms. The number of carbonyl (C=O) groups is 1. The zero-order valence-electron chi connectivity index (χ0n) is 6.39. The van der Waals surface area contributed by atoms with Crippen LogP contribution in [0.1, 0.15) is 13.3 Å². The minimum Gasteiger partial charge on any atom is -0.310 e. The van der Waals surface area contributed by atoms with E-state index in [0.29, 0.717) is 13.0 Å². The molecule has 0 fully saturated rings. The molecule has 10 heavy (non-hydrogen) atoms. The Morgan fingerprint density at radius 2 is 2.40 bits per heavy atom. The first-order chi connectivity index (χ1) is 4.72. The average Bonchev–Trinajstić information content (AvgIpc) is 1.89. The predicted octanol–water partition coefficient (Wildman–Crippen LogP) is -0.556. The predicted molar refractivity (Wildman–Crippen MR) is 38.3 cm³/mol. The van der Waals surface area contributed by atoms with Crippen LogP contribution in [-0.2, 0) is 9.63 Å². The van der Waals surface area contributed by atoms with Gasteiger partial charge in [0, 0.05) is 0 Å². The summed E-state index contributed by atoms with van der Waals surface area (Å²) in [4.78, 5) is 15.1. The molecule has 0 radical (unpaired) electrons. The molecule has 0 heterocycles. The number of nitrogens with two attached hydrogens (primary N) is 1. The smallest absolute Gasteiger partial charge is 0.146 e. The number of nitrogens with one attached hydrogen (secondary N) is 1. The fraction of sp³-hybridized carbons (Fsp3) is 0.833. The molecule has 0 aromatic heterocycles. The number of ketones is 1. The summed E-state index contributed by atoms with van der Waals surface area (Å²) in [5, 5.41) is 2.85. The molecule has 4 nitrogen and oxygen atoms in total. The molecule has 60 valence electrons. The lowest BCUT2D eigenvalue weighted by molar-refractivity contribution is -0.119. The first-order valence-electron chi connectivity index (χ1n) is 3.21. The summed E-state index contributed by atoms with van der Waals surface area (Å²) in [6, 6.07) is -0.122. The topological polar surface area (TPSA) is 64.3 Å². The second-order valence-electron chi connectivity index (χ2n) is 2.11. The Morgan fingerprint density at radius 1 is 1.80 bits per heavy atom. The molecule has 0 aromatic rings. The molecule has 1 atom stereocenters. The highest BCUT2D eigenvalue weighted by Crippen LogP contribution is 1.91. The van der Waals surface area contributed by atoms with Crippen molar-refractivity contribution in [3.8, 4) is 0 Å². The second-order valence-corrected chi connectivity index (χ2v) is 2.11.